The lowest BCUT2D eigenvalue weighted by atomic mass is 10.1. The second kappa shape index (κ2) is 7.76. The molecular formula is C21H27ClN4O2. The molecule has 1 aliphatic rings. The van der Waals surface area contributed by atoms with Gasteiger partial charge >= 0.3 is 0 Å². The van der Waals surface area contributed by atoms with Crippen molar-refractivity contribution in [2.24, 2.45) is 0 Å². The highest BCUT2D eigenvalue weighted by Gasteiger charge is 2.23. The Morgan fingerprint density at radius 1 is 1.07 bits per heavy atom. The van der Waals surface area contributed by atoms with Gasteiger partial charge in [-0.2, -0.15) is 4.98 Å². The summed E-state index contributed by atoms with van der Waals surface area (Å²) in [5.74, 6) is 0. The smallest absolute Gasteiger partial charge is 0.299 e. The zero-order valence-corrected chi connectivity index (χ0v) is 17.7. The molecule has 0 amide bonds. The number of hydrogen-bond acceptors (Lipinski definition) is 5. The summed E-state index contributed by atoms with van der Waals surface area (Å²) >= 11 is 6.43. The molecule has 6 nitrogen and oxygen atoms in total. The number of aryl methyl sites for hydroxylation is 2. The lowest BCUT2D eigenvalue weighted by molar-refractivity contribution is 0.120. The fourth-order valence-corrected chi connectivity index (χ4v) is 4.18. The molecule has 1 aliphatic heterocycles. The molecule has 0 radical (unpaired) electrons. The van der Waals surface area contributed by atoms with Gasteiger partial charge in [0, 0.05) is 25.3 Å². The molecule has 1 fully saturated rings. The van der Waals surface area contributed by atoms with Crippen LogP contribution < -0.4 is 4.90 Å². The molecule has 0 aliphatic carbocycles. The van der Waals surface area contributed by atoms with Gasteiger partial charge in [-0.1, -0.05) is 13.8 Å². The molecule has 0 unspecified atom stereocenters. The monoisotopic (exact) mass is 402 g/mol. The standard InChI is InChI=1S/C21H27ClN4O2/c1-5-15(6-2)26-12-14(4)17-16(26)11-13(3)18(23-17)19-20(22)28-21(24-19)25-7-9-27-10-8-25/h11-12,15H,5-10H2,1-4H3. The van der Waals surface area contributed by atoms with Crippen molar-refractivity contribution < 1.29 is 9.15 Å². The zero-order chi connectivity index (χ0) is 19.8. The quantitative estimate of drug-likeness (QED) is 0.590. The number of nitrogens with zero attached hydrogens (tertiary/aromatic N) is 4. The van der Waals surface area contributed by atoms with Crippen LogP contribution in [0.25, 0.3) is 22.4 Å². The van der Waals surface area contributed by atoms with E-state index >= 15 is 0 Å². The lowest BCUT2D eigenvalue weighted by Gasteiger charge is -2.24. The number of rotatable bonds is 5. The molecule has 4 rings (SSSR count). The SMILES string of the molecule is CCC(CC)n1cc(C)c2nc(-c3nc(N4CCOCC4)oc3Cl)c(C)cc21. The van der Waals surface area contributed by atoms with E-state index in [2.05, 4.69) is 54.4 Å². The van der Waals surface area contributed by atoms with Gasteiger partial charge < -0.3 is 18.6 Å². The minimum absolute atomic E-state index is 0.286. The van der Waals surface area contributed by atoms with E-state index < -0.39 is 0 Å². The highest BCUT2D eigenvalue weighted by atomic mass is 35.5. The minimum atomic E-state index is 0.286. The molecule has 4 heterocycles. The van der Waals surface area contributed by atoms with Gasteiger partial charge in [0.2, 0.25) is 5.22 Å². The third kappa shape index (κ3) is 3.29. The number of anilines is 1. The third-order valence-corrected chi connectivity index (χ3v) is 5.85. The van der Waals surface area contributed by atoms with E-state index in [-0.39, 0.29) is 5.22 Å². The molecule has 0 aromatic carbocycles. The predicted octanol–water partition coefficient (Wildman–Crippen LogP) is 5.16. The van der Waals surface area contributed by atoms with Crippen LogP contribution in [0.5, 0.6) is 0 Å². The average Bonchev–Trinajstić information content (AvgIpc) is 3.23. The van der Waals surface area contributed by atoms with Crippen LogP contribution in [-0.2, 0) is 4.74 Å². The van der Waals surface area contributed by atoms with Crippen LogP contribution in [0.4, 0.5) is 6.01 Å². The van der Waals surface area contributed by atoms with Crippen molar-refractivity contribution >= 4 is 28.6 Å². The topological polar surface area (TPSA) is 56.3 Å². The number of halogens is 1. The van der Waals surface area contributed by atoms with Gasteiger partial charge in [0.05, 0.1) is 29.9 Å². The molecular weight excluding hydrogens is 376 g/mol. The average molecular weight is 403 g/mol. The second-order valence-corrected chi connectivity index (χ2v) is 7.77. The normalized spacial score (nSPS) is 15.1. The summed E-state index contributed by atoms with van der Waals surface area (Å²) in [6, 6.07) is 3.21. The van der Waals surface area contributed by atoms with Gasteiger partial charge in [0.1, 0.15) is 5.69 Å². The number of aromatic nitrogens is 3. The Kier molecular flexibility index (Phi) is 5.34. The summed E-state index contributed by atoms with van der Waals surface area (Å²) in [6.45, 7) is 11.5. The highest BCUT2D eigenvalue weighted by Crippen LogP contribution is 2.35. The molecule has 1 saturated heterocycles. The Balaban J connectivity index is 1.78. The number of hydrogen-bond donors (Lipinski definition) is 0. The fourth-order valence-electron chi connectivity index (χ4n) is 3.98. The van der Waals surface area contributed by atoms with Crippen LogP contribution in [0, 0.1) is 13.8 Å². The van der Waals surface area contributed by atoms with Crippen molar-refractivity contribution in [1.29, 1.82) is 0 Å². The summed E-state index contributed by atoms with van der Waals surface area (Å²) in [6.07, 6.45) is 4.40. The summed E-state index contributed by atoms with van der Waals surface area (Å²) in [5, 5.41) is 0.286. The van der Waals surface area contributed by atoms with Gasteiger partial charge in [0.15, 0.2) is 0 Å². The Hall–Kier alpha value is -2.05. The second-order valence-electron chi connectivity index (χ2n) is 7.43. The maximum atomic E-state index is 6.43. The Morgan fingerprint density at radius 2 is 1.79 bits per heavy atom. The van der Waals surface area contributed by atoms with Crippen molar-refractivity contribution in [2.75, 3.05) is 31.2 Å². The van der Waals surface area contributed by atoms with Crippen molar-refractivity contribution in [3.63, 3.8) is 0 Å². The number of oxazole rings is 1. The Morgan fingerprint density at radius 3 is 2.46 bits per heavy atom. The van der Waals surface area contributed by atoms with Gasteiger partial charge in [-0.3, -0.25) is 0 Å². The predicted molar refractivity (Wildman–Crippen MR) is 112 cm³/mol. The van der Waals surface area contributed by atoms with Gasteiger partial charge in [-0.25, -0.2) is 4.98 Å². The molecule has 3 aromatic heterocycles. The van der Waals surface area contributed by atoms with E-state index in [0.717, 1.165) is 48.3 Å². The first-order valence-corrected chi connectivity index (χ1v) is 10.4. The molecule has 7 heteroatoms. The van der Waals surface area contributed by atoms with Crippen molar-refractivity contribution in [3.8, 4) is 11.4 Å². The van der Waals surface area contributed by atoms with Crippen LogP contribution in [0.2, 0.25) is 5.22 Å². The first-order valence-electron chi connectivity index (χ1n) is 10.0. The summed E-state index contributed by atoms with van der Waals surface area (Å²) in [5.41, 5.74) is 5.76. The number of ether oxygens (including phenoxy) is 1. The van der Waals surface area contributed by atoms with E-state index in [0.29, 0.717) is 31.0 Å². The lowest BCUT2D eigenvalue weighted by Crippen LogP contribution is -2.36. The molecule has 0 N–H and O–H groups in total. The van der Waals surface area contributed by atoms with Gasteiger partial charge in [0.25, 0.3) is 6.01 Å². The summed E-state index contributed by atoms with van der Waals surface area (Å²) in [7, 11) is 0. The van der Waals surface area contributed by atoms with Crippen molar-refractivity contribution in [1.82, 2.24) is 14.5 Å². The minimum Gasteiger partial charge on any atom is -0.411 e. The van der Waals surface area contributed by atoms with Crippen LogP contribution in [0.1, 0.15) is 43.9 Å². The Labute approximate surface area is 170 Å². The number of fused-ring (bicyclic) bond motifs is 1. The third-order valence-electron chi connectivity index (χ3n) is 5.59. The number of morpholine rings is 1. The molecule has 28 heavy (non-hydrogen) atoms. The van der Waals surface area contributed by atoms with Crippen LogP contribution >= 0.6 is 11.6 Å². The van der Waals surface area contributed by atoms with Crippen molar-refractivity contribution in [2.45, 2.75) is 46.6 Å². The van der Waals surface area contributed by atoms with Crippen LogP contribution in [-0.4, -0.2) is 40.8 Å². The molecule has 0 bridgehead atoms. The molecule has 0 atom stereocenters. The first-order chi connectivity index (χ1) is 13.5. The zero-order valence-electron chi connectivity index (χ0n) is 17.0. The molecule has 0 spiro atoms. The van der Waals surface area contributed by atoms with E-state index in [1.54, 1.807) is 0 Å². The van der Waals surface area contributed by atoms with Crippen molar-refractivity contribution in [3.05, 3.63) is 28.6 Å². The highest BCUT2D eigenvalue weighted by molar-refractivity contribution is 6.31. The maximum Gasteiger partial charge on any atom is 0.299 e. The first kappa shape index (κ1) is 19.3. The summed E-state index contributed by atoms with van der Waals surface area (Å²) < 4.78 is 13.5. The van der Waals surface area contributed by atoms with Gasteiger partial charge in [-0.05, 0) is 55.5 Å². The Bertz CT molecular complexity index is 984. The van der Waals surface area contributed by atoms with E-state index in [9.17, 15) is 0 Å². The van der Waals surface area contributed by atoms with Crippen LogP contribution in [0.15, 0.2) is 16.7 Å². The van der Waals surface area contributed by atoms with E-state index in [1.807, 2.05) is 0 Å². The molecule has 150 valence electrons. The molecule has 3 aromatic rings. The number of pyridine rings is 1. The largest absolute Gasteiger partial charge is 0.411 e. The van der Waals surface area contributed by atoms with Gasteiger partial charge in [-0.15, -0.1) is 0 Å². The van der Waals surface area contributed by atoms with Crippen LogP contribution in [0.3, 0.4) is 0 Å². The van der Waals surface area contributed by atoms with E-state index in [1.165, 1.54) is 5.52 Å². The van der Waals surface area contributed by atoms with E-state index in [4.69, 9.17) is 25.7 Å². The maximum absolute atomic E-state index is 6.43. The fraction of sp³-hybridized carbons (Fsp3) is 0.524. The molecule has 0 saturated carbocycles. The summed E-state index contributed by atoms with van der Waals surface area (Å²) in [4.78, 5) is 11.7.